The van der Waals surface area contributed by atoms with Crippen LogP contribution in [0.1, 0.15) is 21.5 Å². The Kier molecular flexibility index (Phi) is 3.16. The maximum atomic E-state index is 12.2. The van der Waals surface area contributed by atoms with Crippen molar-refractivity contribution < 1.29 is 9.90 Å². The Hall–Kier alpha value is -1.80. The monoisotopic (exact) mass is 246 g/mol. The third kappa shape index (κ3) is 2.32. The van der Waals surface area contributed by atoms with Crippen molar-refractivity contribution in [2.75, 3.05) is 0 Å². The fraction of sp³-hybridized carbons (Fsp3) is 0.0714. The van der Waals surface area contributed by atoms with Crippen molar-refractivity contribution in [3.05, 3.63) is 64.2 Å². The van der Waals surface area contributed by atoms with Crippen molar-refractivity contribution in [1.29, 1.82) is 0 Å². The minimum Gasteiger partial charge on any atom is -0.506 e. The van der Waals surface area contributed by atoms with Gasteiger partial charge in [-0.25, -0.2) is 0 Å². The standard InChI is InChI=1S/C14H11ClO2/c1-9-7-11(14(17)12(15)8-9)13(16)10-5-3-2-4-6-10/h2-8,17H,1H3. The number of aromatic hydroxyl groups is 1. The molecular weight excluding hydrogens is 236 g/mol. The maximum Gasteiger partial charge on any atom is 0.196 e. The van der Waals surface area contributed by atoms with Gasteiger partial charge in [-0.2, -0.15) is 0 Å². The van der Waals surface area contributed by atoms with E-state index in [9.17, 15) is 9.90 Å². The summed E-state index contributed by atoms with van der Waals surface area (Å²) in [6.45, 7) is 1.83. The first-order valence-electron chi connectivity index (χ1n) is 5.18. The van der Waals surface area contributed by atoms with Crippen LogP contribution in [-0.4, -0.2) is 10.9 Å². The Morgan fingerprint density at radius 2 is 1.82 bits per heavy atom. The first-order valence-corrected chi connectivity index (χ1v) is 5.56. The van der Waals surface area contributed by atoms with Crippen LogP contribution in [0.25, 0.3) is 0 Å². The van der Waals surface area contributed by atoms with Crippen molar-refractivity contribution in [2.24, 2.45) is 0 Å². The van der Waals surface area contributed by atoms with E-state index in [4.69, 9.17) is 11.6 Å². The molecule has 86 valence electrons. The van der Waals surface area contributed by atoms with Crippen LogP contribution in [0, 0.1) is 6.92 Å². The first kappa shape index (κ1) is 11.7. The summed E-state index contributed by atoms with van der Waals surface area (Å²) in [5.74, 6) is -0.389. The zero-order chi connectivity index (χ0) is 12.4. The number of aryl methyl sites for hydroxylation is 1. The van der Waals surface area contributed by atoms with Gasteiger partial charge in [-0.05, 0) is 24.6 Å². The van der Waals surface area contributed by atoms with Crippen molar-refractivity contribution in [1.82, 2.24) is 0 Å². The van der Waals surface area contributed by atoms with Gasteiger partial charge in [-0.3, -0.25) is 4.79 Å². The number of ketones is 1. The number of phenolic OH excluding ortho intramolecular Hbond substituents is 1. The van der Waals surface area contributed by atoms with E-state index in [1.165, 1.54) is 0 Å². The molecule has 1 N–H and O–H groups in total. The molecule has 0 saturated heterocycles. The van der Waals surface area contributed by atoms with E-state index in [0.29, 0.717) is 5.56 Å². The van der Waals surface area contributed by atoms with Crippen molar-refractivity contribution in [3.63, 3.8) is 0 Å². The van der Waals surface area contributed by atoms with Gasteiger partial charge in [-0.15, -0.1) is 0 Å². The average Bonchev–Trinajstić information content (AvgIpc) is 2.34. The zero-order valence-electron chi connectivity index (χ0n) is 9.27. The van der Waals surface area contributed by atoms with Crippen LogP contribution >= 0.6 is 11.6 Å². The van der Waals surface area contributed by atoms with Gasteiger partial charge in [-0.1, -0.05) is 41.9 Å². The van der Waals surface area contributed by atoms with E-state index in [-0.39, 0.29) is 22.1 Å². The Bertz CT molecular complexity index is 562. The smallest absolute Gasteiger partial charge is 0.196 e. The van der Waals surface area contributed by atoms with Crippen LogP contribution < -0.4 is 0 Å². The molecule has 0 aliphatic heterocycles. The fourth-order valence-electron chi connectivity index (χ4n) is 1.65. The van der Waals surface area contributed by atoms with Crippen LogP contribution in [0.5, 0.6) is 5.75 Å². The van der Waals surface area contributed by atoms with Crippen molar-refractivity contribution in [3.8, 4) is 5.75 Å². The second-order valence-corrected chi connectivity index (χ2v) is 4.25. The Labute approximate surface area is 104 Å². The molecule has 2 nitrogen and oxygen atoms in total. The lowest BCUT2D eigenvalue weighted by Gasteiger charge is -2.07. The molecule has 2 rings (SSSR count). The molecule has 0 amide bonds. The predicted molar refractivity (Wildman–Crippen MR) is 67.7 cm³/mol. The summed E-state index contributed by atoms with van der Waals surface area (Å²) in [5.41, 5.74) is 1.61. The number of carbonyl (C=O) groups is 1. The third-order valence-corrected chi connectivity index (χ3v) is 2.78. The molecule has 0 radical (unpaired) electrons. The van der Waals surface area contributed by atoms with Gasteiger partial charge in [0, 0.05) is 5.56 Å². The topological polar surface area (TPSA) is 37.3 Å². The van der Waals surface area contributed by atoms with E-state index in [1.54, 1.807) is 36.4 Å². The fourth-order valence-corrected chi connectivity index (χ4v) is 1.93. The molecule has 2 aromatic carbocycles. The Balaban J connectivity index is 2.52. The molecule has 0 fully saturated rings. The number of phenols is 1. The molecule has 17 heavy (non-hydrogen) atoms. The summed E-state index contributed by atoms with van der Waals surface area (Å²) < 4.78 is 0. The van der Waals surface area contributed by atoms with Crippen LogP contribution in [-0.2, 0) is 0 Å². The van der Waals surface area contributed by atoms with Crippen molar-refractivity contribution in [2.45, 2.75) is 6.92 Å². The molecule has 0 heterocycles. The second kappa shape index (κ2) is 4.60. The minimum atomic E-state index is -0.228. The lowest BCUT2D eigenvalue weighted by molar-refractivity contribution is 0.103. The molecule has 0 aromatic heterocycles. The number of hydrogen-bond acceptors (Lipinski definition) is 2. The SMILES string of the molecule is Cc1cc(Cl)c(O)c(C(=O)c2ccccc2)c1. The van der Waals surface area contributed by atoms with Crippen LogP contribution in [0.3, 0.4) is 0 Å². The van der Waals surface area contributed by atoms with E-state index in [2.05, 4.69) is 0 Å². The highest BCUT2D eigenvalue weighted by Crippen LogP contribution is 2.30. The van der Waals surface area contributed by atoms with E-state index >= 15 is 0 Å². The Morgan fingerprint density at radius 1 is 1.18 bits per heavy atom. The van der Waals surface area contributed by atoms with Gasteiger partial charge in [0.1, 0.15) is 5.75 Å². The predicted octanol–water partition coefficient (Wildman–Crippen LogP) is 3.59. The van der Waals surface area contributed by atoms with Gasteiger partial charge < -0.3 is 5.11 Å². The molecule has 2 aromatic rings. The molecular formula is C14H11ClO2. The van der Waals surface area contributed by atoms with Gasteiger partial charge >= 0.3 is 0 Å². The summed E-state index contributed by atoms with van der Waals surface area (Å²) in [6, 6.07) is 12.1. The Morgan fingerprint density at radius 3 is 2.47 bits per heavy atom. The molecule has 0 aliphatic carbocycles. The molecule has 3 heteroatoms. The summed E-state index contributed by atoms with van der Waals surface area (Å²) in [4.78, 5) is 12.2. The largest absolute Gasteiger partial charge is 0.506 e. The maximum absolute atomic E-state index is 12.2. The van der Waals surface area contributed by atoms with Crippen LogP contribution in [0.4, 0.5) is 0 Å². The molecule has 0 atom stereocenters. The van der Waals surface area contributed by atoms with Crippen LogP contribution in [0.2, 0.25) is 5.02 Å². The average molecular weight is 247 g/mol. The lowest BCUT2D eigenvalue weighted by atomic mass is 10.0. The number of rotatable bonds is 2. The van der Waals surface area contributed by atoms with Gasteiger partial charge in [0.05, 0.1) is 10.6 Å². The molecule has 0 spiro atoms. The van der Waals surface area contributed by atoms with E-state index < -0.39 is 0 Å². The summed E-state index contributed by atoms with van der Waals surface area (Å²) >= 11 is 5.85. The number of halogens is 1. The highest BCUT2D eigenvalue weighted by molar-refractivity contribution is 6.33. The normalized spacial score (nSPS) is 10.2. The second-order valence-electron chi connectivity index (χ2n) is 3.84. The number of carbonyl (C=O) groups excluding carboxylic acids is 1. The number of benzene rings is 2. The van der Waals surface area contributed by atoms with Gasteiger partial charge in [0.25, 0.3) is 0 Å². The lowest BCUT2D eigenvalue weighted by Crippen LogP contribution is -2.02. The molecule has 0 unspecified atom stereocenters. The van der Waals surface area contributed by atoms with E-state index in [1.807, 2.05) is 13.0 Å². The third-order valence-electron chi connectivity index (χ3n) is 2.49. The highest BCUT2D eigenvalue weighted by Gasteiger charge is 2.15. The van der Waals surface area contributed by atoms with E-state index in [0.717, 1.165) is 5.56 Å². The number of hydrogen-bond donors (Lipinski definition) is 1. The van der Waals surface area contributed by atoms with Gasteiger partial charge in [0.15, 0.2) is 5.78 Å². The van der Waals surface area contributed by atoms with Crippen molar-refractivity contribution >= 4 is 17.4 Å². The highest BCUT2D eigenvalue weighted by atomic mass is 35.5. The molecule has 0 aliphatic rings. The molecule has 0 bridgehead atoms. The van der Waals surface area contributed by atoms with Gasteiger partial charge in [0.2, 0.25) is 0 Å². The van der Waals surface area contributed by atoms with Crippen LogP contribution in [0.15, 0.2) is 42.5 Å². The quantitative estimate of drug-likeness (QED) is 0.823. The summed E-state index contributed by atoms with van der Waals surface area (Å²) in [7, 11) is 0. The summed E-state index contributed by atoms with van der Waals surface area (Å²) in [5, 5.41) is 10.00. The summed E-state index contributed by atoms with van der Waals surface area (Å²) in [6.07, 6.45) is 0. The minimum absolute atomic E-state index is 0.161. The molecule has 0 saturated carbocycles. The first-order chi connectivity index (χ1) is 8.09. The zero-order valence-corrected chi connectivity index (χ0v) is 10.0.